The number of anilines is 2. The second-order valence-electron chi connectivity index (χ2n) is 4.32. The van der Waals surface area contributed by atoms with E-state index in [2.05, 4.69) is 44.0 Å². The summed E-state index contributed by atoms with van der Waals surface area (Å²) < 4.78 is 2.07. The summed E-state index contributed by atoms with van der Waals surface area (Å²) in [5.41, 5.74) is 2.48. The lowest BCUT2D eigenvalue weighted by molar-refractivity contribution is 0.712. The van der Waals surface area contributed by atoms with Crippen molar-refractivity contribution >= 4 is 11.4 Å². The number of hydrogen-bond donors (Lipinski definition) is 1. The zero-order valence-corrected chi connectivity index (χ0v) is 9.93. The van der Waals surface area contributed by atoms with Gasteiger partial charge in [-0.3, -0.25) is 0 Å². The van der Waals surface area contributed by atoms with E-state index in [1.165, 1.54) is 11.4 Å². The van der Waals surface area contributed by atoms with Crippen molar-refractivity contribution in [2.75, 3.05) is 23.3 Å². The molecule has 0 saturated carbocycles. The first kappa shape index (κ1) is 10.2. The van der Waals surface area contributed by atoms with E-state index in [0.29, 0.717) is 0 Å². The smallest absolute Gasteiger partial charge is 0.127 e. The van der Waals surface area contributed by atoms with E-state index < -0.39 is 0 Å². The average molecular weight is 228 g/mol. The Hall–Kier alpha value is -1.97. The van der Waals surface area contributed by atoms with Gasteiger partial charge in [-0.1, -0.05) is 12.1 Å². The number of benzene rings is 1. The summed E-state index contributed by atoms with van der Waals surface area (Å²) in [6, 6.07) is 8.43. The van der Waals surface area contributed by atoms with E-state index in [4.69, 9.17) is 0 Å². The highest BCUT2D eigenvalue weighted by molar-refractivity contribution is 5.71. The minimum absolute atomic E-state index is 0.863. The number of nitrogens with zero attached hydrogens (tertiary/aromatic N) is 3. The van der Waals surface area contributed by atoms with Crippen LogP contribution >= 0.6 is 0 Å². The third kappa shape index (κ3) is 1.86. The Morgan fingerprint density at radius 2 is 2.24 bits per heavy atom. The summed E-state index contributed by atoms with van der Waals surface area (Å²) in [4.78, 5) is 6.75. The number of imidazole rings is 1. The molecule has 1 N–H and O–H groups in total. The van der Waals surface area contributed by atoms with E-state index in [9.17, 15) is 0 Å². The number of aryl methyl sites for hydroxylation is 1. The third-order valence-electron chi connectivity index (χ3n) is 3.20. The molecule has 0 amide bonds. The molecule has 0 spiro atoms. The van der Waals surface area contributed by atoms with Gasteiger partial charge in [-0.2, -0.15) is 0 Å². The molecule has 0 saturated heterocycles. The van der Waals surface area contributed by atoms with Crippen LogP contribution in [-0.4, -0.2) is 22.6 Å². The number of aromatic nitrogens is 2. The van der Waals surface area contributed by atoms with Crippen LogP contribution < -0.4 is 10.2 Å². The molecular formula is C13H16N4. The number of rotatable bonds is 2. The Kier molecular flexibility index (Phi) is 2.48. The minimum atomic E-state index is 0.863. The molecule has 0 aliphatic carbocycles. The number of fused-ring (bicyclic) bond motifs is 1. The molecule has 2 aromatic rings. The van der Waals surface area contributed by atoms with Crippen LogP contribution in [0.4, 0.5) is 11.4 Å². The van der Waals surface area contributed by atoms with Gasteiger partial charge in [-0.15, -0.1) is 0 Å². The van der Waals surface area contributed by atoms with Crippen molar-refractivity contribution in [1.82, 2.24) is 9.55 Å². The van der Waals surface area contributed by atoms with E-state index in [1.54, 1.807) is 0 Å². The Morgan fingerprint density at radius 1 is 1.35 bits per heavy atom. The highest BCUT2D eigenvalue weighted by Gasteiger charge is 2.16. The molecule has 0 unspecified atom stereocenters. The molecule has 3 rings (SSSR count). The highest BCUT2D eigenvalue weighted by atomic mass is 15.2. The standard InChI is InChI=1S/C13H16N4/c1-16-8-6-15-13(16)10-17-9-7-14-11-4-2-3-5-12(11)17/h2-6,8,14H,7,9-10H2,1H3. The average Bonchev–Trinajstić information content (AvgIpc) is 2.76. The van der Waals surface area contributed by atoms with Gasteiger partial charge < -0.3 is 14.8 Å². The van der Waals surface area contributed by atoms with Crippen molar-refractivity contribution < 1.29 is 0 Å². The van der Waals surface area contributed by atoms with Crippen molar-refractivity contribution in [1.29, 1.82) is 0 Å². The van der Waals surface area contributed by atoms with E-state index in [1.807, 2.05) is 19.4 Å². The summed E-state index contributed by atoms with van der Waals surface area (Å²) >= 11 is 0. The molecule has 1 aromatic heterocycles. The topological polar surface area (TPSA) is 33.1 Å². The van der Waals surface area contributed by atoms with Crippen LogP contribution in [0.2, 0.25) is 0 Å². The second-order valence-corrected chi connectivity index (χ2v) is 4.32. The van der Waals surface area contributed by atoms with Gasteiger partial charge in [0.2, 0.25) is 0 Å². The van der Waals surface area contributed by atoms with Crippen molar-refractivity contribution in [3.63, 3.8) is 0 Å². The predicted octanol–water partition coefficient (Wildman–Crippen LogP) is 1.85. The Labute approximate surface area is 101 Å². The fourth-order valence-electron chi connectivity index (χ4n) is 2.23. The van der Waals surface area contributed by atoms with Gasteiger partial charge in [0, 0.05) is 32.5 Å². The van der Waals surface area contributed by atoms with Crippen molar-refractivity contribution in [2.24, 2.45) is 7.05 Å². The van der Waals surface area contributed by atoms with Gasteiger partial charge in [0.05, 0.1) is 17.9 Å². The normalized spacial score (nSPS) is 14.3. The molecule has 0 fully saturated rings. The van der Waals surface area contributed by atoms with Crippen LogP contribution in [-0.2, 0) is 13.6 Å². The fraction of sp³-hybridized carbons (Fsp3) is 0.308. The van der Waals surface area contributed by atoms with Crippen LogP contribution in [0.25, 0.3) is 0 Å². The Balaban J connectivity index is 1.88. The lowest BCUT2D eigenvalue weighted by Crippen LogP contribution is -2.34. The van der Waals surface area contributed by atoms with Crippen molar-refractivity contribution in [3.8, 4) is 0 Å². The van der Waals surface area contributed by atoms with Crippen LogP contribution in [0.15, 0.2) is 36.7 Å². The maximum Gasteiger partial charge on any atom is 0.127 e. The summed E-state index contributed by atoms with van der Waals surface area (Å²) in [6.07, 6.45) is 3.84. The van der Waals surface area contributed by atoms with Gasteiger partial charge in [0.25, 0.3) is 0 Å². The predicted molar refractivity (Wildman–Crippen MR) is 69.2 cm³/mol. The summed E-state index contributed by atoms with van der Waals surface area (Å²) in [6.45, 7) is 2.87. The number of hydrogen-bond acceptors (Lipinski definition) is 3. The number of nitrogens with one attached hydrogen (secondary N) is 1. The van der Waals surface area contributed by atoms with Gasteiger partial charge in [-0.25, -0.2) is 4.98 Å². The van der Waals surface area contributed by atoms with E-state index >= 15 is 0 Å². The molecule has 4 heteroatoms. The lowest BCUT2D eigenvalue weighted by atomic mass is 10.2. The van der Waals surface area contributed by atoms with Gasteiger partial charge in [-0.05, 0) is 12.1 Å². The van der Waals surface area contributed by atoms with Crippen LogP contribution in [0, 0.1) is 0 Å². The molecule has 2 heterocycles. The molecule has 0 atom stereocenters. The Morgan fingerprint density at radius 3 is 3.06 bits per heavy atom. The molecule has 17 heavy (non-hydrogen) atoms. The van der Waals surface area contributed by atoms with Gasteiger partial charge >= 0.3 is 0 Å². The van der Waals surface area contributed by atoms with E-state index in [0.717, 1.165) is 25.5 Å². The fourth-order valence-corrected chi connectivity index (χ4v) is 2.23. The highest BCUT2D eigenvalue weighted by Crippen LogP contribution is 2.29. The summed E-state index contributed by atoms with van der Waals surface area (Å²) in [7, 11) is 2.04. The molecule has 4 nitrogen and oxygen atoms in total. The molecule has 0 bridgehead atoms. The molecule has 88 valence electrons. The molecule has 1 aliphatic heterocycles. The molecular weight excluding hydrogens is 212 g/mol. The third-order valence-corrected chi connectivity index (χ3v) is 3.20. The minimum Gasteiger partial charge on any atom is -0.382 e. The molecule has 1 aliphatic rings. The zero-order valence-electron chi connectivity index (χ0n) is 9.93. The summed E-state index contributed by atoms with van der Waals surface area (Å²) in [5, 5.41) is 3.42. The largest absolute Gasteiger partial charge is 0.382 e. The van der Waals surface area contributed by atoms with Gasteiger partial charge in [0.1, 0.15) is 5.82 Å². The first-order valence-corrected chi connectivity index (χ1v) is 5.88. The monoisotopic (exact) mass is 228 g/mol. The van der Waals surface area contributed by atoms with Gasteiger partial charge in [0.15, 0.2) is 0 Å². The van der Waals surface area contributed by atoms with Crippen LogP contribution in [0.1, 0.15) is 5.82 Å². The lowest BCUT2D eigenvalue weighted by Gasteiger charge is -2.31. The maximum atomic E-state index is 4.38. The van der Waals surface area contributed by atoms with Crippen LogP contribution in [0.3, 0.4) is 0 Å². The van der Waals surface area contributed by atoms with E-state index in [-0.39, 0.29) is 0 Å². The maximum absolute atomic E-state index is 4.38. The van der Waals surface area contributed by atoms with Crippen molar-refractivity contribution in [2.45, 2.75) is 6.54 Å². The zero-order chi connectivity index (χ0) is 11.7. The SMILES string of the molecule is Cn1ccnc1CN1CCNc2ccccc21. The number of para-hydroxylation sites is 2. The van der Waals surface area contributed by atoms with Crippen molar-refractivity contribution in [3.05, 3.63) is 42.5 Å². The second kappa shape index (κ2) is 4.13. The quantitative estimate of drug-likeness (QED) is 0.851. The molecule has 1 aromatic carbocycles. The molecule has 0 radical (unpaired) electrons. The summed E-state index contributed by atoms with van der Waals surface area (Å²) in [5.74, 6) is 1.10. The van der Waals surface area contributed by atoms with Crippen LogP contribution in [0.5, 0.6) is 0 Å². The first-order chi connectivity index (χ1) is 8.34. The Bertz CT molecular complexity index is 518. The first-order valence-electron chi connectivity index (χ1n) is 5.88.